The van der Waals surface area contributed by atoms with Crippen molar-refractivity contribution in [3.63, 3.8) is 0 Å². The molecule has 29 heavy (non-hydrogen) atoms. The minimum Gasteiger partial charge on any atom is -0.508 e. The van der Waals surface area contributed by atoms with Crippen LogP contribution >= 0.6 is 0 Å². The second-order valence-electron chi connectivity index (χ2n) is 7.10. The second-order valence-corrected chi connectivity index (χ2v) is 7.10. The van der Waals surface area contributed by atoms with E-state index in [9.17, 15) is 9.90 Å². The molecule has 5 heteroatoms. The van der Waals surface area contributed by atoms with Gasteiger partial charge in [-0.3, -0.25) is 4.79 Å². The molecule has 0 aliphatic rings. The summed E-state index contributed by atoms with van der Waals surface area (Å²) in [6, 6.07) is 22.7. The fourth-order valence-electron chi connectivity index (χ4n) is 3.46. The number of amides is 1. The van der Waals surface area contributed by atoms with Crippen molar-refractivity contribution in [2.75, 3.05) is 0 Å². The summed E-state index contributed by atoms with van der Waals surface area (Å²) in [6.07, 6.45) is 0.939. The lowest BCUT2D eigenvalue weighted by molar-refractivity contribution is 0.0951. The van der Waals surface area contributed by atoms with Crippen LogP contribution in [0, 0.1) is 6.92 Å². The number of imidazole rings is 1. The highest BCUT2D eigenvalue weighted by Gasteiger charge is 2.10. The van der Waals surface area contributed by atoms with Gasteiger partial charge in [-0.2, -0.15) is 0 Å². The Kier molecular flexibility index (Phi) is 5.29. The summed E-state index contributed by atoms with van der Waals surface area (Å²) in [7, 11) is 0. The Morgan fingerprint density at radius 2 is 1.76 bits per heavy atom. The minimum atomic E-state index is -0.168. The maximum absolute atomic E-state index is 12.3. The first-order valence-corrected chi connectivity index (χ1v) is 9.67. The highest BCUT2D eigenvalue weighted by molar-refractivity contribution is 5.94. The first-order chi connectivity index (χ1) is 14.1. The molecule has 5 nitrogen and oxygen atoms in total. The average Bonchev–Trinajstić information content (AvgIpc) is 3.06. The van der Waals surface area contributed by atoms with E-state index in [1.807, 2.05) is 25.1 Å². The van der Waals surface area contributed by atoms with Crippen LogP contribution in [0.15, 0.2) is 72.8 Å². The molecule has 0 saturated carbocycles. The fourth-order valence-corrected chi connectivity index (χ4v) is 3.46. The number of aryl methyl sites for hydroxylation is 3. The predicted octanol–water partition coefficient (Wildman–Crippen LogP) is 4.22. The lowest BCUT2D eigenvalue weighted by atomic mass is 10.1. The average molecular weight is 385 g/mol. The number of phenols is 1. The van der Waals surface area contributed by atoms with E-state index in [1.165, 1.54) is 17.7 Å². The number of hydrogen-bond acceptors (Lipinski definition) is 3. The van der Waals surface area contributed by atoms with Gasteiger partial charge < -0.3 is 15.0 Å². The number of phenolic OH excluding ortho intramolecular Hbond substituents is 1. The highest BCUT2D eigenvalue weighted by atomic mass is 16.3. The molecule has 0 aliphatic carbocycles. The van der Waals surface area contributed by atoms with Crippen LogP contribution < -0.4 is 5.32 Å². The number of nitrogens with one attached hydrogen (secondary N) is 1. The summed E-state index contributed by atoms with van der Waals surface area (Å²) in [4.78, 5) is 17.0. The number of fused-ring (bicyclic) bond motifs is 1. The number of nitrogens with zero attached hydrogens (tertiary/aromatic N) is 2. The van der Waals surface area contributed by atoms with E-state index in [0.29, 0.717) is 12.1 Å². The van der Waals surface area contributed by atoms with Crippen molar-refractivity contribution < 1.29 is 9.90 Å². The molecule has 0 unspecified atom stereocenters. The lowest BCUT2D eigenvalue weighted by Gasteiger charge is -2.09. The molecule has 146 valence electrons. The van der Waals surface area contributed by atoms with Gasteiger partial charge in [0.25, 0.3) is 5.91 Å². The van der Waals surface area contributed by atoms with Gasteiger partial charge in [-0.05, 0) is 60.9 Å². The first kappa shape index (κ1) is 18.7. The Hall–Kier alpha value is -3.60. The molecule has 0 radical (unpaired) electrons. The normalized spacial score (nSPS) is 10.9. The number of hydrogen-bond donors (Lipinski definition) is 2. The molecular formula is C24H23N3O2. The quantitative estimate of drug-likeness (QED) is 0.522. The van der Waals surface area contributed by atoms with Gasteiger partial charge in [-0.15, -0.1) is 0 Å². The van der Waals surface area contributed by atoms with Crippen molar-refractivity contribution in [2.24, 2.45) is 0 Å². The Morgan fingerprint density at radius 1 is 1.00 bits per heavy atom. The first-order valence-electron chi connectivity index (χ1n) is 9.67. The molecule has 0 bridgehead atoms. The number of aromatic hydroxyl groups is 1. The Morgan fingerprint density at radius 3 is 2.52 bits per heavy atom. The zero-order valence-electron chi connectivity index (χ0n) is 16.3. The maximum atomic E-state index is 12.3. The molecule has 2 N–H and O–H groups in total. The monoisotopic (exact) mass is 385 g/mol. The third-order valence-corrected chi connectivity index (χ3v) is 5.05. The smallest absolute Gasteiger partial charge is 0.251 e. The van der Waals surface area contributed by atoms with Crippen LogP contribution in [0.5, 0.6) is 5.75 Å². The third-order valence-electron chi connectivity index (χ3n) is 5.05. The van der Waals surface area contributed by atoms with E-state index in [4.69, 9.17) is 0 Å². The Balaban J connectivity index is 1.49. The van der Waals surface area contributed by atoms with Gasteiger partial charge in [0.2, 0.25) is 0 Å². The molecule has 1 aromatic heterocycles. The molecule has 4 aromatic rings. The zero-order valence-corrected chi connectivity index (χ0v) is 16.3. The Bertz CT molecular complexity index is 1130. The van der Waals surface area contributed by atoms with Crippen LogP contribution in [0.2, 0.25) is 0 Å². The molecule has 1 heterocycles. The summed E-state index contributed by atoms with van der Waals surface area (Å²) in [5.74, 6) is 0.964. The molecule has 0 atom stereocenters. The Labute approximate surface area is 169 Å². The molecule has 3 aromatic carbocycles. The summed E-state index contributed by atoms with van der Waals surface area (Å²) >= 11 is 0. The maximum Gasteiger partial charge on any atom is 0.251 e. The van der Waals surface area contributed by atoms with Crippen molar-refractivity contribution in [1.82, 2.24) is 14.9 Å². The van der Waals surface area contributed by atoms with Gasteiger partial charge in [-0.25, -0.2) is 4.98 Å². The van der Waals surface area contributed by atoms with Crippen LogP contribution in [0.3, 0.4) is 0 Å². The van der Waals surface area contributed by atoms with Crippen molar-refractivity contribution >= 4 is 16.9 Å². The third kappa shape index (κ3) is 4.29. The van der Waals surface area contributed by atoms with Gasteiger partial charge >= 0.3 is 0 Å². The van der Waals surface area contributed by atoms with Gasteiger partial charge in [0.15, 0.2) is 0 Å². The van der Waals surface area contributed by atoms with E-state index >= 15 is 0 Å². The number of benzene rings is 3. The van der Waals surface area contributed by atoms with Gasteiger partial charge in [0.05, 0.1) is 11.0 Å². The van der Waals surface area contributed by atoms with Crippen LogP contribution in [0.25, 0.3) is 11.0 Å². The molecule has 0 saturated heterocycles. The number of carbonyl (C=O) groups excluding carboxylic acids is 1. The van der Waals surface area contributed by atoms with E-state index < -0.39 is 0 Å². The molecule has 0 aliphatic heterocycles. The number of aromatic nitrogens is 2. The van der Waals surface area contributed by atoms with Crippen LogP contribution in [0.1, 0.15) is 27.3 Å². The molecule has 0 fully saturated rings. The predicted molar refractivity (Wildman–Crippen MR) is 114 cm³/mol. The van der Waals surface area contributed by atoms with E-state index in [0.717, 1.165) is 35.4 Å². The van der Waals surface area contributed by atoms with Gasteiger partial charge in [0, 0.05) is 18.7 Å². The minimum absolute atomic E-state index is 0.145. The molecule has 0 spiro atoms. The SMILES string of the molecule is Cc1nc2ccc(CNC(=O)c3ccc(O)cc3)cc2n1CCc1ccccc1. The largest absolute Gasteiger partial charge is 0.508 e. The van der Waals surface area contributed by atoms with Gasteiger partial charge in [0.1, 0.15) is 11.6 Å². The molecular weight excluding hydrogens is 362 g/mol. The summed E-state index contributed by atoms with van der Waals surface area (Å²) < 4.78 is 2.23. The zero-order chi connectivity index (χ0) is 20.2. The number of carbonyl (C=O) groups is 1. The van der Waals surface area contributed by atoms with Crippen LogP contribution in [0.4, 0.5) is 0 Å². The highest BCUT2D eigenvalue weighted by Crippen LogP contribution is 2.19. The molecule has 4 rings (SSSR count). The topological polar surface area (TPSA) is 67.2 Å². The van der Waals surface area contributed by atoms with Gasteiger partial charge in [-0.1, -0.05) is 36.4 Å². The summed E-state index contributed by atoms with van der Waals surface area (Å²) in [5.41, 5.74) is 4.88. The molecule has 1 amide bonds. The van der Waals surface area contributed by atoms with E-state index in [-0.39, 0.29) is 11.7 Å². The summed E-state index contributed by atoms with van der Waals surface area (Å²) in [5, 5.41) is 12.3. The van der Waals surface area contributed by atoms with Crippen molar-refractivity contribution in [3.8, 4) is 5.75 Å². The summed E-state index contributed by atoms with van der Waals surface area (Å²) in [6.45, 7) is 3.31. The van der Waals surface area contributed by atoms with E-state index in [1.54, 1.807) is 12.1 Å². The van der Waals surface area contributed by atoms with Crippen molar-refractivity contribution in [2.45, 2.75) is 26.4 Å². The fraction of sp³-hybridized carbons (Fsp3) is 0.167. The second kappa shape index (κ2) is 8.19. The number of rotatable bonds is 6. The van der Waals surface area contributed by atoms with Crippen molar-refractivity contribution in [3.05, 3.63) is 95.3 Å². The van der Waals surface area contributed by atoms with E-state index in [2.05, 4.69) is 45.2 Å². The van der Waals surface area contributed by atoms with Crippen molar-refractivity contribution in [1.29, 1.82) is 0 Å². The lowest BCUT2D eigenvalue weighted by Crippen LogP contribution is -2.22. The van der Waals surface area contributed by atoms with Crippen LogP contribution in [-0.4, -0.2) is 20.6 Å². The standard InChI is InChI=1S/C24H23N3O2/c1-17-26-22-12-7-19(16-25-24(29)20-8-10-21(28)11-9-20)15-23(22)27(17)14-13-18-5-3-2-4-6-18/h2-12,15,28H,13-14,16H2,1H3,(H,25,29). The van der Waals surface area contributed by atoms with Crippen LogP contribution in [-0.2, 0) is 19.5 Å².